The molecule has 0 amide bonds. The third-order valence-corrected chi connectivity index (χ3v) is 3.55. The lowest BCUT2D eigenvalue weighted by Gasteiger charge is -2.24. The zero-order valence-electron chi connectivity index (χ0n) is 11.6. The number of aliphatic carboxylic acids is 1. The van der Waals surface area contributed by atoms with E-state index in [9.17, 15) is 4.79 Å². The van der Waals surface area contributed by atoms with Crippen LogP contribution in [0.15, 0.2) is 18.3 Å². The van der Waals surface area contributed by atoms with E-state index in [1.807, 2.05) is 13.0 Å². The molecule has 2 atom stereocenters. The van der Waals surface area contributed by atoms with Crippen LogP contribution in [0.25, 0.3) is 6.08 Å². The van der Waals surface area contributed by atoms with Crippen LogP contribution in [0.3, 0.4) is 0 Å². The normalized spacial score (nSPS) is 23.2. The molecule has 1 aliphatic heterocycles. The Morgan fingerprint density at radius 3 is 2.79 bits per heavy atom. The number of hydrogen-bond donors (Lipinski definition) is 1. The van der Waals surface area contributed by atoms with Gasteiger partial charge in [-0.1, -0.05) is 6.92 Å². The maximum atomic E-state index is 10.5. The molecule has 0 spiro atoms. The fourth-order valence-electron chi connectivity index (χ4n) is 2.74. The van der Waals surface area contributed by atoms with Gasteiger partial charge in [0.05, 0.1) is 0 Å². The van der Waals surface area contributed by atoms with Crippen LogP contribution in [-0.4, -0.2) is 28.6 Å². The number of nitrogens with zero attached hydrogens (tertiary/aromatic N) is 2. The Hall–Kier alpha value is -1.84. The highest BCUT2D eigenvalue weighted by atomic mass is 16.4. The van der Waals surface area contributed by atoms with E-state index in [0.717, 1.165) is 29.6 Å². The van der Waals surface area contributed by atoms with Crippen molar-refractivity contribution in [2.45, 2.75) is 33.2 Å². The molecule has 4 heteroatoms. The van der Waals surface area contributed by atoms with Crippen LogP contribution in [0.2, 0.25) is 0 Å². The Kier molecular flexibility index (Phi) is 3.88. The number of aryl methyl sites for hydroxylation is 1. The SMILES string of the molecule is Cc1cc(/C=C/C(=O)O)cnc1N1CC(C)CC1C. The summed E-state index contributed by atoms with van der Waals surface area (Å²) in [6.07, 6.45) is 5.64. The van der Waals surface area contributed by atoms with Crippen LogP contribution in [-0.2, 0) is 4.79 Å². The molecule has 0 aromatic carbocycles. The number of aromatic nitrogens is 1. The van der Waals surface area contributed by atoms with Crippen LogP contribution < -0.4 is 4.90 Å². The predicted molar refractivity (Wildman–Crippen MR) is 76.2 cm³/mol. The Labute approximate surface area is 113 Å². The quantitative estimate of drug-likeness (QED) is 0.849. The number of pyridine rings is 1. The fraction of sp³-hybridized carbons (Fsp3) is 0.467. The lowest BCUT2D eigenvalue weighted by atomic mass is 10.1. The number of carboxylic acid groups (broad SMARTS) is 1. The number of anilines is 1. The minimum atomic E-state index is -0.941. The van der Waals surface area contributed by atoms with Crippen molar-refractivity contribution in [3.8, 4) is 0 Å². The second-order valence-electron chi connectivity index (χ2n) is 5.42. The van der Waals surface area contributed by atoms with Crippen molar-refractivity contribution in [3.63, 3.8) is 0 Å². The summed E-state index contributed by atoms with van der Waals surface area (Å²) in [6, 6.07) is 2.50. The van der Waals surface area contributed by atoms with Crippen LogP contribution in [0.5, 0.6) is 0 Å². The molecule has 1 fully saturated rings. The van der Waals surface area contributed by atoms with Gasteiger partial charge in [-0.15, -0.1) is 0 Å². The molecule has 2 unspecified atom stereocenters. The predicted octanol–water partition coefficient (Wildman–Crippen LogP) is 2.72. The molecule has 2 heterocycles. The monoisotopic (exact) mass is 260 g/mol. The molecule has 19 heavy (non-hydrogen) atoms. The number of carboxylic acids is 1. The third-order valence-electron chi connectivity index (χ3n) is 3.55. The first-order chi connectivity index (χ1) is 8.97. The van der Waals surface area contributed by atoms with Crippen molar-refractivity contribution < 1.29 is 9.90 Å². The van der Waals surface area contributed by atoms with Gasteiger partial charge in [0.1, 0.15) is 5.82 Å². The molecule has 0 radical (unpaired) electrons. The summed E-state index contributed by atoms with van der Waals surface area (Å²) in [5, 5.41) is 8.62. The van der Waals surface area contributed by atoms with Gasteiger partial charge in [-0.2, -0.15) is 0 Å². The van der Waals surface area contributed by atoms with Crippen molar-refractivity contribution in [1.82, 2.24) is 4.98 Å². The fourth-order valence-corrected chi connectivity index (χ4v) is 2.74. The first-order valence-corrected chi connectivity index (χ1v) is 6.61. The third kappa shape index (κ3) is 3.13. The van der Waals surface area contributed by atoms with E-state index in [2.05, 4.69) is 23.7 Å². The van der Waals surface area contributed by atoms with Gasteiger partial charge in [-0.05, 0) is 49.5 Å². The zero-order valence-corrected chi connectivity index (χ0v) is 11.6. The number of hydrogen-bond acceptors (Lipinski definition) is 3. The standard InChI is InChI=1S/C15H20N2O2/c1-10-6-12(3)17(9-10)15-11(2)7-13(8-16-15)4-5-14(18)19/h4-5,7-8,10,12H,6,9H2,1-3H3,(H,18,19)/b5-4+. The molecule has 102 valence electrons. The second kappa shape index (κ2) is 5.43. The van der Waals surface area contributed by atoms with Crippen molar-refractivity contribution in [2.75, 3.05) is 11.4 Å². The summed E-state index contributed by atoms with van der Waals surface area (Å²) >= 11 is 0. The molecular formula is C15H20N2O2. The number of carbonyl (C=O) groups is 1. The molecule has 0 bridgehead atoms. The highest BCUT2D eigenvalue weighted by Gasteiger charge is 2.27. The van der Waals surface area contributed by atoms with E-state index in [-0.39, 0.29) is 0 Å². The van der Waals surface area contributed by atoms with Crippen molar-refractivity contribution in [1.29, 1.82) is 0 Å². The molecule has 1 saturated heterocycles. The summed E-state index contributed by atoms with van der Waals surface area (Å²) in [5.41, 5.74) is 1.91. The lowest BCUT2D eigenvalue weighted by Crippen LogP contribution is -2.28. The Morgan fingerprint density at radius 1 is 1.53 bits per heavy atom. The number of rotatable bonds is 3. The molecule has 4 nitrogen and oxygen atoms in total. The van der Waals surface area contributed by atoms with E-state index < -0.39 is 5.97 Å². The van der Waals surface area contributed by atoms with Crippen LogP contribution in [0.1, 0.15) is 31.4 Å². The minimum absolute atomic E-state index is 0.515. The summed E-state index contributed by atoms with van der Waals surface area (Å²) in [4.78, 5) is 17.3. The van der Waals surface area contributed by atoms with E-state index in [0.29, 0.717) is 12.0 Å². The summed E-state index contributed by atoms with van der Waals surface area (Å²) in [5.74, 6) is 0.774. The lowest BCUT2D eigenvalue weighted by molar-refractivity contribution is -0.131. The average molecular weight is 260 g/mol. The molecule has 1 aromatic rings. The van der Waals surface area contributed by atoms with Crippen molar-refractivity contribution >= 4 is 17.9 Å². The van der Waals surface area contributed by atoms with Crippen LogP contribution >= 0.6 is 0 Å². The molecule has 0 aliphatic carbocycles. The van der Waals surface area contributed by atoms with Crippen molar-refractivity contribution in [3.05, 3.63) is 29.5 Å². The summed E-state index contributed by atoms with van der Waals surface area (Å²) in [6.45, 7) is 7.55. The van der Waals surface area contributed by atoms with Gasteiger partial charge in [0, 0.05) is 24.9 Å². The highest BCUT2D eigenvalue weighted by Crippen LogP contribution is 2.29. The van der Waals surface area contributed by atoms with Gasteiger partial charge in [0.25, 0.3) is 0 Å². The van der Waals surface area contributed by atoms with Gasteiger partial charge < -0.3 is 10.0 Å². The van der Waals surface area contributed by atoms with Gasteiger partial charge in [-0.25, -0.2) is 9.78 Å². The zero-order chi connectivity index (χ0) is 14.0. The van der Waals surface area contributed by atoms with Crippen LogP contribution in [0.4, 0.5) is 5.82 Å². The molecular weight excluding hydrogens is 240 g/mol. The van der Waals surface area contributed by atoms with E-state index >= 15 is 0 Å². The van der Waals surface area contributed by atoms with Crippen LogP contribution in [0, 0.1) is 12.8 Å². The van der Waals surface area contributed by atoms with Gasteiger partial charge in [-0.3, -0.25) is 0 Å². The molecule has 0 saturated carbocycles. The highest BCUT2D eigenvalue weighted by molar-refractivity contribution is 5.85. The van der Waals surface area contributed by atoms with Crippen molar-refractivity contribution in [2.24, 2.45) is 5.92 Å². The minimum Gasteiger partial charge on any atom is -0.478 e. The van der Waals surface area contributed by atoms with E-state index in [4.69, 9.17) is 5.11 Å². The Morgan fingerprint density at radius 2 is 2.26 bits per heavy atom. The largest absolute Gasteiger partial charge is 0.478 e. The topological polar surface area (TPSA) is 53.4 Å². The first kappa shape index (κ1) is 13.6. The smallest absolute Gasteiger partial charge is 0.328 e. The summed E-state index contributed by atoms with van der Waals surface area (Å²) in [7, 11) is 0. The summed E-state index contributed by atoms with van der Waals surface area (Å²) < 4.78 is 0. The Bertz CT molecular complexity index is 511. The van der Waals surface area contributed by atoms with Gasteiger partial charge in [0.15, 0.2) is 0 Å². The van der Waals surface area contributed by atoms with Gasteiger partial charge in [0.2, 0.25) is 0 Å². The maximum absolute atomic E-state index is 10.5. The molecule has 1 aromatic heterocycles. The molecule has 2 rings (SSSR count). The first-order valence-electron chi connectivity index (χ1n) is 6.61. The molecule has 1 N–H and O–H groups in total. The average Bonchev–Trinajstić information content (AvgIpc) is 2.66. The van der Waals surface area contributed by atoms with Gasteiger partial charge >= 0.3 is 5.97 Å². The molecule has 1 aliphatic rings. The maximum Gasteiger partial charge on any atom is 0.328 e. The van der Waals surface area contributed by atoms with E-state index in [1.165, 1.54) is 6.42 Å². The second-order valence-corrected chi connectivity index (χ2v) is 5.42. The van der Waals surface area contributed by atoms with E-state index in [1.54, 1.807) is 12.3 Å². The Balaban J connectivity index is 2.22.